The zero-order chi connectivity index (χ0) is 21.3. The van der Waals surface area contributed by atoms with Crippen LogP contribution in [0.3, 0.4) is 0 Å². The summed E-state index contributed by atoms with van der Waals surface area (Å²) in [5, 5.41) is 2.78. The van der Waals surface area contributed by atoms with Crippen molar-refractivity contribution in [3.05, 3.63) is 54.1 Å². The maximum absolute atomic E-state index is 12.8. The number of sulfonamides is 1. The van der Waals surface area contributed by atoms with Crippen molar-refractivity contribution in [3.63, 3.8) is 0 Å². The molecule has 4 rings (SSSR count). The highest BCUT2D eigenvalue weighted by Gasteiger charge is 2.42. The third kappa shape index (κ3) is 4.37. The van der Waals surface area contributed by atoms with Gasteiger partial charge in [0.15, 0.2) is 0 Å². The minimum Gasteiger partial charge on any atom is -0.497 e. The van der Waals surface area contributed by atoms with E-state index in [1.54, 1.807) is 43.5 Å². The van der Waals surface area contributed by atoms with E-state index in [-0.39, 0.29) is 16.8 Å². The van der Waals surface area contributed by atoms with Crippen molar-refractivity contribution in [2.24, 2.45) is 17.8 Å². The number of hydrogen-bond acceptors (Lipinski definition) is 4. The molecule has 4 atom stereocenters. The summed E-state index contributed by atoms with van der Waals surface area (Å²) in [6, 6.07) is 13.0. The average molecular weight is 429 g/mol. The maximum atomic E-state index is 12.8. The third-order valence-corrected chi connectivity index (χ3v) is 8.13. The van der Waals surface area contributed by atoms with Crippen molar-refractivity contribution in [2.75, 3.05) is 12.4 Å². The van der Waals surface area contributed by atoms with Gasteiger partial charge in [-0.15, -0.1) is 0 Å². The average Bonchev–Trinajstić information content (AvgIpc) is 3.38. The van der Waals surface area contributed by atoms with Crippen molar-refractivity contribution >= 4 is 21.6 Å². The Bertz CT molecular complexity index is 1000. The van der Waals surface area contributed by atoms with Crippen molar-refractivity contribution in [3.8, 4) is 5.75 Å². The van der Waals surface area contributed by atoms with E-state index >= 15 is 0 Å². The Kier molecular flexibility index (Phi) is 5.84. The highest BCUT2D eigenvalue weighted by atomic mass is 32.2. The van der Waals surface area contributed by atoms with Crippen LogP contribution < -0.4 is 14.8 Å². The maximum Gasteiger partial charge on any atom is 0.255 e. The van der Waals surface area contributed by atoms with Gasteiger partial charge in [0.2, 0.25) is 10.0 Å². The highest BCUT2D eigenvalue weighted by Crippen LogP contribution is 2.49. The summed E-state index contributed by atoms with van der Waals surface area (Å²) in [4.78, 5) is 12.6. The van der Waals surface area contributed by atoms with Gasteiger partial charge in [-0.2, -0.15) is 0 Å². The summed E-state index contributed by atoms with van der Waals surface area (Å²) < 4.78 is 33.6. The number of methoxy groups -OCH3 is 1. The van der Waals surface area contributed by atoms with Gasteiger partial charge < -0.3 is 10.1 Å². The lowest BCUT2D eigenvalue weighted by Crippen LogP contribution is -2.40. The Morgan fingerprint density at radius 1 is 1.03 bits per heavy atom. The van der Waals surface area contributed by atoms with Gasteiger partial charge in [-0.25, -0.2) is 13.1 Å². The second-order valence-electron chi connectivity index (χ2n) is 8.46. The molecule has 2 fully saturated rings. The van der Waals surface area contributed by atoms with Crippen molar-refractivity contribution in [2.45, 2.75) is 43.5 Å². The molecule has 2 saturated carbocycles. The van der Waals surface area contributed by atoms with Crippen molar-refractivity contribution in [1.29, 1.82) is 0 Å². The topological polar surface area (TPSA) is 84.5 Å². The van der Waals surface area contributed by atoms with Crippen LogP contribution in [-0.2, 0) is 10.0 Å². The molecule has 2 aliphatic rings. The van der Waals surface area contributed by atoms with Gasteiger partial charge in [0, 0.05) is 17.3 Å². The molecule has 0 radical (unpaired) electrons. The Morgan fingerprint density at radius 3 is 2.30 bits per heavy atom. The zero-order valence-electron chi connectivity index (χ0n) is 17.3. The molecule has 7 heteroatoms. The van der Waals surface area contributed by atoms with Crippen LogP contribution in [-0.4, -0.2) is 27.5 Å². The smallest absolute Gasteiger partial charge is 0.255 e. The number of anilines is 1. The van der Waals surface area contributed by atoms with Gasteiger partial charge in [-0.05, 0) is 92.5 Å². The second kappa shape index (κ2) is 8.40. The van der Waals surface area contributed by atoms with E-state index in [9.17, 15) is 13.2 Å². The standard InChI is InChI=1S/C23H28N2O4S/c1-15(22-14-16-3-4-18(22)13-16)25-30(27,28)21-11-7-19(8-12-21)24-23(26)17-5-9-20(29-2)10-6-17/h5-12,15-16,18,22,25H,3-4,13-14H2,1-2H3,(H,24,26)/t15-,16+,18+,22-/m1/s1. The van der Waals surface area contributed by atoms with E-state index < -0.39 is 10.0 Å². The molecule has 6 nitrogen and oxygen atoms in total. The molecule has 1 amide bonds. The fourth-order valence-electron chi connectivity index (χ4n) is 4.97. The summed E-state index contributed by atoms with van der Waals surface area (Å²) in [7, 11) is -2.03. The van der Waals surface area contributed by atoms with Crippen molar-refractivity contribution in [1.82, 2.24) is 4.72 Å². The molecule has 0 spiro atoms. The van der Waals surface area contributed by atoms with Gasteiger partial charge in [0.1, 0.15) is 5.75 Å². The van der Waals surface area contributed by atoms with E-state index in [1.165, 1.54) is 31.4 Å². The van der Waals surface area contributed by atoms with E-state index in [1.807, 2.05) is 6.92 Å². The van der Waals surface area contributed by atoms with Gasteiger partial charge in [-0.1, -0.05) is 6.42 Å². The lowest BCUT2D eigenvalue weighted by atomic mass is 9.84. The number of carbonyl (C=O) groups is 1. The monoisotopic (exact) mass is 428 g/mol. The third-order valence-electron chi connectivity index (χ3n) is 6.55. The molecule has 0 aliphatic heterocycles. The first kappa shape index (κ1) is 20.9. The Balaban J connectivity index is 1.38. The molecule has 2 aromatic rings. The number of ether oxygens (including phenoxy) is 1. The van der Waals surface area contributed by atoms with Crippen LogP contribution in [0, 0.1) is 17.8 Å². The number of fused-ring (bicyclic) bond motifs is 2. The van der Waals surface area contributed by atoms with Gasteiger partial charge in [-0.3, -0.25) is 4.79 Å². The molecule has 0 aromatic heterocycles. The number of benzene rings is 2. The fraction of sp³-hybridized carbons (Fsp3) is 0.435. The van der Waals surface area contributed by atoms with E-state index in [0.29, 0.717) is 28.8 Å². The normalized spacial score (nSPS) is 23.9. The molecule has 2 aromatic carbocycles. The van der Waals surface area contributed by atoms with Crippen LogP contribution in [0.2, 0.25) is 0 Å². The number of hydrogen-bond donors (Lipinski definition) is 2. The zero-order valence-corrected chi connectivity index (χ0v) is 18.1. The first-order valence-electron chi connectivity index (χ1n) is 10.4. The van der Waals surface area contributed by atoms with Crippen molar-refractivity contribution < 1.29 is 17.9 Å². The number of carbonyl (C=O) groups excluding carboxylic acids is 1. The summed E-state index contributed by atoms with van der Waals surface area (Å²) in [5.41, 5.74) is 1.03. The quantitative estimate of drug-likeness (QED) is 0.697. The van der Waals surface area contributed by atoms with E-state index in [0.717, 1.165) is 12.3 Å². The van der Waals surface area contributed by atoms with E-state index in [2.05, 4.69) is 10.0 Å². The minimum absolute atomic E-state index is 0.0697. The first-order valence-corrected chi connectivity index (χ1v) is 11.9. The SMILES string of the molecule is COc1ccc(C(=O)Nc2ccc(S(=O)(=O)N[C@H](C)[C@H]3C[C@H]4CC[C@H]3C4)cc2)cc1. The molecule has 160 valence electrons. The van der Waals surface area contributed by atoms with Crippen LogP contribution in [0.15, 0.2) is 53.4 Å². The lowest BCUT2D eigenvalue weighted by molar-refractivity contribution is 0.102. The Morgan fingerprint density at radius 2 is 1.73 bits per heavy atom. The molecule has 0 saturated heterocycles. The molecule has 0 unspecified atom stereocenters. The molecule has 0 heterocycles. The molecule has 2 N–H and O–H groups in total. The predicted octanol–water partition coefficient (Wildman–Crippen LogP) is 4.05. The summed E-state index contributed by atoms with van der Waals surface area (Å²) >= 11 is 0. The van der Waals surface area contributed by atoms with Gasteiger partial charge in [0.25, 0.3) is 5.91 Å². The molecule has 2 bridgehead atoms. The Labute approximate surface area is 178 Å². The van der Waals surface area contributed by atoms with E-state index in [4.69, 9.17) is 4.74 Å². The van der Waals surface area contributed by atoms with Gasteiger partial charge in [0.05, 0.1) is 12.0 Å². The van der Waals surface area contributed by atoms with Crippen LogP contribution in [0.5, 0.6) is 5.75 Å². The van der Waals surface area contributed by atoms with Crippen LogP contribution >= 0.6 is 0 Å². The number of amides is 1. The van der Waals surface area contributed by atoms with Crippen LogP contribution in [0.1, 0.15) is 43.0 Å². The largest absolute Gasteiger partial charge is 0.497 e. The Hall–Kier alpha value is -2.38. The fourth-order valence-corrected chi connectivity index (χ4v) is 6.26. The first-order chi connectivity index (χ1) is 14.4. The van der Waals surface area contributed by atoms with Crippen LogP contribution in [0.4, 0.5) is 5.69 Å². The summed E-state index contributed by atoms with van der Waals surface area (Å²) in [6.45, 7) is 1.98. The van der Waals surface area contributed by atoms with Crippen LogP contribution in [0.25, 0.3) is 0 Å². The summed E-state index contributed by atoms with van der Waals surface area (Å²) in [6.07, 6.45) is 4.90. The summed E-state index contributed by atoms with van der Waals surface area (Å²) in [5.74, 6) is 2.27. The lowest BCUT2D eigenvalue weighted by Gasteiger charge is -2.28. The van der Waals surface area contributed by atoms with Gasteiger partial charge >= 0.3 is 0 Å². The number of rotatable bonds is 7. The highest BCUT2D eigenvalue weighted by molar-refractivity contribution is 7.89. The molecular weight excluding hydrogens is 400 g/mol. The molecule has 30 heavy (non-hydrogen) atoms. The number of nitrogens with one attached hydrogen (secondary N) is 2. The molecule has 2 aliphatic carbocycles. The molecular formula is C23H28N2O4S. The minimum atomic E-state index is -3.60. The predicted molar refractivity (Wildman–Crippen MR) is 116 cm³/mol. The second-order valence-corrected chi connectivity index (χ2v) is 10.2.